The molecular formula is C29H35N3O5S. The fourth-order valence-corrected chi connectivity index (χ4v) is 5.47. The molecule has 0 saturated heterocycles. The van der Waals surface area contributed by atoms with Gasteiger partial charge < -0.3 is 25.8 Å². The molecule has 202 valence electrons. The first-order valence-electron chi connectivity index (χ1n) is 12.7. The monoisotopic (exact) mass is 537 g/mol. The summed E-state index contributed by atoms with van der Waals surface area (Å²) < 4.78 is 11.1. The van der Waals surface area contributed by atoms with Crippen molar-refractivity contribution in [2.75, 3.05) is 12.5 Å². The Bertz CT molecular complexity index is 1200. The molecule has 0 aromatic heterocycles. The van der Waals surface area contributed by atoms with Gasteiger partial charge in [-0.05, 0) is 61.3 Å². The van der Waals surface area contributed by atoms with E-state index < -0.39 is 29.1 Å². The molecule has 38 heavy (non-hydrogen) atoms. The molecule has 2 aliphatic rings. The zero-order valence-corrected chi connectivity index (χ0v) is 22.8. The van der Waals surface area contributed by atoms with Gasteiger partial charge in [0.25, 0.3) is 5.91 Å². The van der Waals surface area contributed by atoms with E-state index in [0.29, 0.717) is 12.3 Å². The topological polar surface area (TPSA) is 125 Å². The number of esters is 2. The number of amides is 1. The predicted molar refractivity (Wildman–Crippen MR) is 148 cm³/mol. The molecule has 1 aliphatic heterocycles. The third-order valence-corrected chi connectivity index (χ3v) is 7.50. The predicted octanol–water partition coefficient (Wildman–Crippen LogP) is 3.88. The molecule has 2 atom stereocenters. The molecule has 2 unspecified atom stereocenters. The fraction of sp³-hybridized carbons (Fsp3) is 0.414. The highest BCUT2D eigenvalue weighted by atomic mass is 32.2. The van der Waals surface area contributed by atoms with Crippen molar-refractivity contribution in [3.05, 3.63) is 71.3 Å². The maximum atomic E-state index is 13.2. The molecule has 1 aliphatic carbocycles. The van der Waals surface area contributed by atoms with Crippen molar-refractivity contribution in [2.45, 2.75) is 63.1 Å². The lowest BCUT2D eigenvalue weighted by molar-refractivity contribution is -0.167. The molecule has 1 amide bonds. The highest BCUT2D eigenvalue weighted by Gasteiger charge is 2.52. The van der Waals surface area contributed by atoms with Crippen LogP contribution in [0.3, 0.4) is 0 Å². The first-order chi connectivity index (χ1) is 18.0. The molecule has 0 radical (unpaired) electrons. The number of ether oxygens (including phenoxy) is 2. The number of nitrogens with zero attached hydrogens (tertiary/aromatic N) is 1. The Hall–Kier alpha value is -3.14. The second-order valence-electron chi connectivity index (χ2n) is 10.6. The van der Waals surface area contributed by atoms with E-state index in [1.807, 2.05) is 24.3 Å². The number of thioether (sulfide) groups is 1. The van der Waals surface area contributed by atoms with Crippen LogP contribution >= 0.6 is 11.8 Å². The molecule has 9 heteroatoms. The Labute approximate surface area is 227 Å². The van der Waals surface area contributed by atoms with Crippen molar-refractivity contribution in [1.29, 1.82) is 0 Å². The van der Waals surface area contributed by atoms with Gasteiger partial charge in [-0.1, -0.05) is 48.5 Å². The molecular weight excluding hydrogens is 502 g/mol. The first-order valence-corrected chi connectivity index (χ1v) is 13.8. The normalized spacial score (nSPS) is 16.9. The van der Waals surface area contributed by atoms with Crippen LogP contribution in [0.15, 0.2) is 60.1 Å². The van der Waals surface area contributed by atoms with Crippen LogP contribution < -0.4 is 11.5 Å². The minimum Gasteiger partial charge on any atom is -0.465 e. The highest BCUT2D eigenvalue weighted by Crippen LogP contribution is 2.44. The van der Waals surface area contributed by atoms with Gasteiger partial charge in [0.15, 0.2) is 0 Å². The van der Waals surface area contributed by atoms with E-state index in [4.69, 9.17) is 20.9 Å². The summed E-state index contributed by atoms with van der Waals surface area (Å²) in [5.41, 5.74) is 14.4. The summed E-state index contributed by atoms with van der Waals surface area (Å²) in [4.78, 5) is 40.3. The highest BCUT2D eigenvalue weighted by molar-refractivity contribution is 8.02. The molecule has 2 aromatic rings. The molecule has 0 saturated carbocycles. The van der Waals surface area contributed by atoms with Gasteiger partial charge in [-0.3, -0.25) is 9.59 Å². The van der Waals surface area contributed by atoms with Gasteiger partial charge in [-0.2, -0.15) is 0 Å². The van der Waals surface area contributed by atoms with Crippen molar-refractivity contribution < 1.29 is 23.9 Å². The average Bonchev–Trinajstić information content (AvgIpc) is 3.52. The molecule has 0 spiro atoms. The number of fused-ring (bicyclic) bond motifs is 3. The minimum atomic E-state index is -2.08. The van der Waals surface area contributed by atoms with Crippen molar-refractivity contribution in [3.63, 3.8) is 0 Å². The SMILES string of the molecule is CC(C)(C)OC(=O)C(N)(C(=O)N1C=CSC1)C(N)CCCC(=O)OCC1c2ccccc2-c2ccccc21. The summed E-state index contributed by atoms with van der Waals surface area (Å²) in [6.07, 6.45) is 2.12. The third kappa shape index (κ3) is 5.80. The molecule has 0 fully saturated rings. The average molecular weight is 538 g/mol. The zero-order chi connectivity index (χ0) is 27.5. The van der Waals surface area contributed by atoms with E-state index in [2.05, 4.69) is 24.3 Å². The minimum absolute atomic E-state index is 0.0264. The van der Waals surface area contributed by atoms with E-state index in [1.165, 1.54) is 16.7 Å². The van der Waals surface area contributed by atoms with Gasteiger partial charge in [0.2, 0.25) is 5.54 Å². The summed E-state index contributed by atoms with van der Waals surface area (Å²) in [5.74, 6) is -1.56. The smallest absolute Gasteiger partial charge is 0.338 e. The van der Waals surface area contributed by atoms with Crippen LogP contribution in [-0.2, 0) is 23.9 Å². The van der Waals surface area contributed by atoms with Gasteiger partial charge in [0, 0.05) is 24.6 Å². The lowest BCUT2D eigenvalue weighted by Crippen LogP contribution is -2.69. The maximum Gasteiger partial charge on any atom is 0.338 e. The van der Waals surface area contributed by atoms with Crippen LogP contribution in [-0.4, -0.2) is 52.4 Å². The molecule has 1 heterocycles. The number of benzene rings is 2. The Balaban J connectivity index is 1.36. The number of hydrogen-bond donors (Lipinski definition) is 2. The zero-order valence-electron chi connectivity index (χ0n) is 22.0. The van der Waals surface area contributed by atoms with Crippen LogP contribution in [0.1, 0.15) is 57.1 Å². The second kappa shape index (κ2) is 11.3. The van der Waals surface area contributed by atoms with E-state index in [9.17, 15) is 14.4 Å². The van der Waals surface area contributed by atoms with E-state index in [0.717, 1.165) is 22.3 Å². The second-order valence-corrected chi connectivity index (χ2v) is 11.5. The number of nitrogens with two attached hydrogens (primary N) is 2. The largest absolute Gasteiger partial charge is 0.465 e. The molecule has 4 rings (SSSR count). The number of hydrogen-bond acceptors (Lipinski definition) is 8. The van der Waals surface area contributed by atoms with E-state index >= 15 is 0 Å². The molecule has 4 N–H and O–H groups in total. The van der Waals surface area contributed by atoms with E-state index in [1.54, 1.807) is 32.4 Å². The number of carbonyl (C=O) groups is 3. The Morgan fingerprint density at radius 3 is 2.21 bits per heavy atom. The number of carbonyl (C=O) groups excluding carboxylic acids is 3. The summed E-state index contributed by atoms with van der Waals surface area (Å²) in [5, 5.41) is 1.75. The van der Waals surface area contributed by atoms with Crippen LogP contribution in [0.5, 0.6) is 0 Å². The molecule has 2 aromatic carbocycles. The van der Waals surface area contributed by atoms with Gasteiger partial charge in [-0.15, -0.1) is 11.8 Å². The summed E-state index contributed by atoms with van der Waals surface area (Å²) >= 11 is 1.41. The third-order valence-electron chi connectivity index (χ3n) is 6.76. The maximum absolute atomic E-state index is 13.2. The lowest BCUT2D eigenvalue weighted by atomic mass is 9.86. The van der Waals surface area contributed by atoms with Crippen molar-refractivity contribution in [3.8, 4) is 11.1 Å². The summed E-state index contributed by atoms with van der Waals surface area (Å²) in [6, 6.07) is 15.2. The van der Waals surface area contributed by atoms with E-state index in [-0.39, 0.29) is 31.3 Å². The van der Waals surface area contributed by atoms with Crippen molar-refractivity contribution in [1.82, 2.24) is 4.90 Å². The van der Waals surface area contributed by atoms with Crippen LogP contribution in [0.2, 0.25) is 0 Å². The van der Waals surface area contributed by atoms with Crippen LogP contribution in [0.25, 0.3) is 11.1 Å². The van der Waals surface area contributed by atoms with Gasteiger partial charge in [-0.25, -0.2) is 4.79 Å². The molecule has 8 nitrogen and oxygen atoms in total. The molecule has 0 bridgehead atoms. The van der Waals surface area contributed by atoms with Crippen LogP contribution in [0.4, 0.5) is 0 Å². The summed E-state index contributed by atoms with van der Waals surface area (Å²) in [7, 11) is 0. The Morgan fingerprint density at radius 1 is 1.05 bits per heavy atom. The van der Waals surface area contributed by atoms with Gasteiger partial charge >= 0.3 is 11.9 Å². The Morgan fingerprint density at radius 2 is 1.66 bits per heavy atom. The summed E-state index contributed by atoms with van der Waals surface area (Å²) in [6.45, 7) is 5.33. The lowest BCUT2D eigenvalue weighted by Gasteiger charge is -2.36. The first kappa shape index (κ1) is 27.9. The fourth-order valence-electron chi connectivity index (χ4n) is 4.79. The number of rotatable bonds is 9. The Kier molecular flexibility index (Phi) is 8.30. The standard InChI is InChI=1S/C29H35N3O5S/c1-28(2,3)37-27(35)29(31,26(34)32-15-16-38-18-32)24(30)13-8-14-25(33)36-17-23-21-11-6-4-9-19(21)20-10-5-7-12-22(20)23/h4-7,9-12,15-16,23-24H,8,13-14,17-18,30-31H2,1-3H3. The quantitative estimate of drug-likeness (QED) is 0.365. The van der Waals surface area contributed by atoms with Crippen molar-refractivity contribution in [2.24, 2.45) is 11.5 Å². The van der Waals surface area contributed by atoms with Crippen LogP contribution in [0, 0.1) is 0 Å². The van der Waals surface area contributed by atoms with Crippen molar-refractivity contribution >= 4 is 29.6 Å². The van der Waals surface area contributed by atoms with Gasteiger partial charge in [0.1, 0.15) is 12.2 Å². The van der Waals surface area contributed by atoms with Gasteiger partial charge in [0.05, 0.1) is 5.88 Å².